The van der Waals surface area contributed by atoms with Crippen LogP contribution in [0.4, 0.5) is 35.1 Å². The second kappa shape index (κ2) is 12.9. The lowest BCUT2D eigenvalue weighted by Gasteiger charge is -2.20. The zero-order valence-corrected chi connectivity index (χ0v) is 26.8. The van der Waals surface area contributed by atoms with Crippen LogP contribution in [0.15, 0.2) is 77.6 Å². The first kappa shape index (κ1) is 35.8. The van der Waals surface area contributed by atoms with Crippen LogP contribution in [-0.2, 0) is 30.6 Å². The number of aliphatic carboxylic acids is 1. The fourth-order valence-electron chi connectivity index (χ4n) is 6.38. The lowest BCUT2D eigenvalue weighted by molar-refractivity contribution is -0.141. The normalized spacial score (nSPS) is 12.7. The van der Waals surface area contributed by atoms with E-state index in [1.165, 1.54) is 74.6 Å². The van der Waals surface area contributed by atoms with Crippen molar-refractivity contribution in [2.75, 3.05) is 0 Å². The number of halogens is 8. The highest BCUT2D eigenvalue weighted by Crippen LogP contribution is 2.42. The number of aryl methyl sites for hydroxylation is 2. The number of aromatic amines is 1. The molecule has 0 saturated carbocycles. The number of carbonyl (C=O) groups is 2. The number of benzene rings is 4. The Labute approximate surface area is 287 Å². The molecule has 0 unspecified atom stereocenters. The molecule has 52 heavy (non-hydrogen) atoms. The van der Waals surface area contributed by atoms with Crippen LogP contribution in [0.2, 0.25) is 0 Å². The van der Waals surface area contributed by atoms with Gasteiger partial charge in [0, 0.05) is 30.1 Å². The number of H-pyrrole nitrogens is 1. The number of nitrogens with zero attached hydrogens (tertiary/aromatic N) is 2. The highest BCUT2D eigenvalue weighted by atomic mass is 19.4. The number of nitrogens with one attached hydrogen (secondary N) is 2. The molecule has 0 aliphatic heterocycles. The quantitative estimate of drug-likeness (QED) is 0.145. The number of fused-ring (bicyclic) bond motifs is 2. The second-order valence-corrected chi connectivity index (χ2v) is 11.9. The molecule has 2 heterocycles. The molecule has 1 amide bonds. The summed E-state index contributed by atoms with van der Waals surface area (Å²) in [5.41, 5.74) is -6.71. The zero-order chi connectivity index (χ0) is 37.9. The Morgan fingerprint density at radius 3 is 2.12 bits per heavy atom. The number of hydrogen-bond acceptors (Lipinski definition) is 4. The van der Waals surface area contributed by atoms with Gasteiger partial charge in [0.05, 0.1) is 16.6 Å². The number of carboxylic acid groups (broad SMARTS) is 1. The maximum Gasteiger partial charge on any atom is 0.435 e. The smallest absolute Gasteiger partial charge is 0.435 e. The van der Waals surface area contributed by atoms with Crippen LogP contribution >= 0.6 is 0 Å². The van der Waals surface area contributed by atoms with Gasteiger partial charge in [-0.25, -0.2) is 13.6 Å². The number of aromatic nitrogens is 3. The Balaban J connectivity index is 1.38. The van der Waals surface area contributed by atoms with Gasteiger partial charge in [0.25, 0.3) is 11.5 Å². The van der Waals surface area contributed by atoms with Gasteiger partial charge < -0.3 is 15.0 Å². The maximum absolute atomic E-state index is 15.2. The molecule has 0 spiro atoms. The van der Waals surface area contributed by atoms with E-state index in [0.29, 0.717) is 12.1 Å². The van der Waals surface area contributed by atoms with E-state index in [4.69, 9.17) is 0 Å². The van der Waals surface area contributed by atoms with Crippen molar-refractivity contribution in [3.63, 3.8) is 0 Å². The molecule has 4 aromatic carbocycles. The summed E-state index contributed by atoms with van der Waals surface area (Å²) in [7, 11) is 1.34. The summed E-state index contributed by atoms with van der Waals surface area (Å²) in [4.78, 5) is 39.0. The van der Waals surface area contributed by atoms with Gasteiger partial charge in [-0.1, -0.05) is 54.6 Å². The van der Waals surface area contributed by atoms with Crippen molar-refractivity contribution >= 4 is 33.6 Å². The first-order valence-electron chi connectivity index (χ1n) is 15.2. The van der Waals surface area contributed by atoms with Gasteiger partial charge in [0.15, 0.2) is 5.69 Å². The number of hydrogen-bond donors (Lipinski definition) is 3. The number of amides is 1. The van der Waals surface area contributed by atoms with Gasteiger partial charge in [0.1, 0.15) is 23.2 Å². The van der Waals surface area contributed by atoms with Crippen molar-refractivity contribution in [3.05, 3.63) is 123 Å². The average Bonchev–Trinajstić information content (AvgIpc) is 3.47. The Morgan fingerprint density at radius 2 is 1.48 bits per heavy atom. The number of carboxylic acids is 1. The minimum Gasteiger partial charge on any atom is -0.480 e. The molecular weight excluding hydrogens is 704 g/mol. The van der Waals surface area contributed by atoms with Crippen LogP contribution in [0.1, 0.15) is 32.9 Å². The Kier molecular flexibility index (Phi) is 8.89. The third-order valence-corrected chi connectivity index (χ3v) is 8.67. The lowest BCUT2D eigenvalue weighted by atomic mass is 9.90. The summed E-state index contributed by atoms with van der Waals surface area (Å²) >= 11 is 0. The van der Waals surface area contributed by atoms with Crippen molar-refractivity contribution in [1.29, 1.82) is 0 Å². The Morgan fingerprint density at radius 1 is 0.865 bits per heavy atom. The molecule has 1 atom stereocenters. The van der Waals surface area contributed by atoms with Crippen molar-refractivity contribution in [1.82, 2.24) is 20.1 Å². The molecule has 268 valence electrons. The molecule has 16 heteroatoms. The molecule has 0 saturated heterocycles. The third kappa shape index (κ3) is 6.24. The predicted octanol–water partition coefficient (Wildman–Crippen LogP) is 7.80. The molecule has 6 aromatic rings. The van der Waals surface area contributed by atoms with E-state index in [-0.39, 0.29) is 38.5 Å². The number of para-hydroxylation sites is 1. The van der Waals surface area contributed by atoms with Crippen molar-refractivity contribution < 1.29 is 49.8 Å². The van der Waals surface area contributed by atoms with Gasteiger partial charge >= 0.3 is 18.3 Å². The topological polar surface area (TPSA) is 117 Å². The van der Waals surface area contributed by atoms with E-state index in [1.807, 2.05) is 5.32 Å². The van der Waals surface area contributed by atoms with Crippen molar-refractivity contribution in [2.45, 2.75) is 31.7 Å². The molecule has 0 fully saturated rings. The molecule has 0 aliphatic carbocycles. The largest absolute Gasteiger partial charge is 0.480 e. The van der Waals surface area contributed by atoms with Crippen LogP contribution in [-0.4, -0.2) is 37.8 Å². The van der Waals surface area contributed by atoms with Gasteiger partial charge in [-0.2, -0.15) is 31.4 Å². The zero-order valence-electron chi connectivity index (χ0n) is 26.8. The summed E-state index contributed by atoms with van der Waals surface area (Å²) in [6, 6.07) is 13.1. The van der Waals surface area contributed by atoms with Crippen molar-refractivity contribution in [2.24, 2.45) is 7.05 Å². The molecule has 3 N–H and O–H groups in total. The van der Waals surface area contributed by atoms with Crippen LogP contribution in [0.5, 0.6) is 0 Å². The number of alkyl halides is 6. The summed E-state index contributed by atoms with van der Waals surface area (Å²) in [6.07, 6.45) is -10.5. The molecule has 6 rings (SSSR count). The second-order valence-electron chi connectivity index (χ2n) is 11.9. The summed E-state index contributed by atoms with van der Waals surface area (Å²) in [5, 5.41) is 17.4. The summed E-state index contributed by atoms with van der Waals surface area (Å²) in [5.74, 6) is -6.36. The number of pyridine rings is 1. The van der Waals surface area contributed by atoms with Crippen LogP contribution in [0, 0.1) is 18.6 Å². The van der Waals surface area contributed by atoms with E-state index in [9.17, 15) is 45.8 Å². The number of carbonyl (C=O) groups excluding carboxylic acids is 1. The monoisotopic (exact) mass is 728 g/mol. The van der Waals surface area contributed by atoms with Gasteiger partial charge in [0.2, 0.25) is 0 Å². The number of rotatable bonds is 7. The van der Waals surface area contributed by atoms with Gasteiger partial charge in [-0.05, 0) is 52.6 Å². The van der Waals surface area contributed by atoms with E-state index >= 15 is 8.78 Å². The van der Waals surface area contributed by atoms with Crippen LogP contribution in [0.3, 0.4) is 0 Å². The molecular formula is C36H24F8N4O4. The van der Waals surface area contributed by atoms with Gasteiger partial charge in [-0.15, -0.1) is 0 Å². The third-order valence-electron chi connectivity index (χ3n) is 8.67. The molecule has 2 aromatic heterocycles. The van der Waals surface area contributed by atoms with Crippen molar-refractivity contribution in [3.8, 4) is 22.3 Å². The SMILES string of the molecule is Cc1[nH]nc(C(F)(F)F)c1-c1cc(F)c(C(=O)N[C@@H](Cc2cccc3c(-c4c(C(F)(F)F)c5ccccc5n(C)c4=O)cccc23)C(=O)O)c(F)c1. The molecule has 0 bridgehead atoms. The first-order valence-corrected chi connectivity index (χ1v) is 15.2. The highest BCUT2D eigenvalue weighted by molar-refractivity contribution is 6.02. The van der Waals surface area contributed by atoms with E-state index < -0.39 is 87.4 Å². The standard InChI is InChI=1S/C36H24F8N4O4/c1-16-27(31(47-46-16)36(42,43)44)18-13-23(37)29(24(38)14-18)32(49)45-25(34(51)52)15-17-7-5-10-20-19(17)9-6-11-21(20)28-30(35(39,40)41)22-8-3-4-12-26(22)48(2)33(28)50/h3-14,25H,15H2,1-2H3,(H,45,49)(H,46,47)(H,51,52)/t25-/m0/s1. The first-order chi connectivity index (χ1) is 24.4. The Hall–Kier alpha value is -6.06. The average molecular weight is 729 g/mol. The fourth-order valence-corrected chi connectivity index (χ4v) is 6.38. The minimum atomic E-state index is -4.98. The Bertz CT molecular complexity index is 2460. The van der Waals surface area contributed by atoms with E-state index in [0.717, 1.165) is 4.57 Å². The predicted molar refractivity (Wildman–Crippen MR) is 173 cm³/mol. The summed E-state index contributed by atoms with van der Waals surface area (Å²) < 4.78 is 116. The van der Waals surface area contributed by atoms with E-state index in [2.05, 4.69) is 10.2 Å². The highest BCUT2D eigenvalue weighted by Gasteiger charge is 2.40. The van der Waals surface area contributed by atoms with Crippen LogP contribution in [0.25, 0.3) is 43.9 Å². The van der Waals surface area contributed by atoms with E-state index in [1.54, 1.807) is 0 Å². The molecule has 8 nitrogen and oxygen atoms in total. The fraction of sp³-hybridized carbons (Fsp3) is 0.167. The minimum absolute atomic E-state index is 0.0507. The maximum atomic E-state index is 15.2. The van der Waals surface area contributed by atoms with Gasteiger partial charge in [-0.3, -0.25) is 14.7 Å². The summed E-state index contributed by atoms with van der Waals surface area (Å²) in [6.45, 7) is 1.19. The molecule has 0 radical (unpaired) electrons. The lowest BCUT2D eigenvalue weighted by Crippen LogP contribution is -2.43. The molecule has 0 aliphatic rings. The van der Waals surface area contributed by atoms with Crippen LogP contribution < -0.4 is 10.9 Å².